The summed E-state index contributed by atoms with van der Waals surface area (Å²) in [5.74, 6) is 0.920. The minimum atomic E-state index is -0.448. The lowest BCUT2D eigenvalue weighted by Crippen LogP contribution is -2.13. The van der Waals surface area contributed by atoms with E-state index in [-0.39, 0.29) is 0 Å². The number of carbonyl (C=O) groups is 1. The quantitative estimate of drug-likeness (QED) is 0.638. The Labute approximate surface area is 169 Å². The second kappa shape index (κ2) is 8.40. The van der Waals surface area contributed by atoms with Crippen LogP contribution in [0.2, 0.25) is 5.02 Å². The van der Waals surface area contributed by atoms with Gasteiger partial charge in [0.05, 0.1) is 25.5 Å². The highest BCUT2D eigenvalue weighted by atomic mass is 35.5. The number of aromatic nitrogens is 1. The van der Waals surface area contributed by atoms with Gasteiger partial charge in [-0.05, 0) is 49.2 Å². The Morgan fingerprint density at radius 3 is 2.39 bits per heavy atom. The molecule has 1 amide bonds. The number of carbonyl (C=O) groups excluding carboxylic acids is 1. The summed E-state index contributed by atoms with van der Waals surface area (Å²) in [6, 6.07) is 15.2. The van der Waals surface area contributed by atoms with Crippen molar-refractivity contribution in [3.05, 3.63) is 70.4 Å². The van der Waals surface area contributed by atoms with Crippen molar-refractivity contribution in [3.63, 3.8) is 0 Å². The van der Waals surface area contributed by atoms with Crippen molar-refractivity contribution in [1.29, 1.82) is 0 Å². The molecule has 0 aliphatic rings. The van der Waals surface area contributed by atoms with Gasteiger partial charge in [0, 0.05) is 28.9 Å². The molecule has 28 heavy (non-hydrogen) atoms. The summed E-state index contributed by atoms with van der Waals surface area (Å²) in [5, 5.41) is 0.709. The van der Waals surface area contributed by atoms with Gasteiger partial charge in [-0.3, -0.25) is 4.79 Å². The molecule has 0 bridgehead atoms. The highest BCUT2D eigenvalue weighted by Crippen LogP contribution is 2.35. The second-order valence-corrected chi connectivity index (χ2v) is 6.92. The number of primary amides is 1. The van der Waals surface area contributed by atoms with Crippen LogP contribution in [0.3, 0.4) is 0 Å². The normalized spacial score (nSPS) is 10.7. The first kappa shape index (κ1) is 19.8. The maximum absolute atomic E-state index is 11.9. The van der Waals surface area contributed by atoms with Crippen molar-refractivity contribution in [2.45, 2.75) is 19.9 Å². The summed E-state index contributed by atoms with van der Waals surface area (Å²) in [7, 11) is 3.22. The van der Waals surface area contributed by atoms with E-state index in [1.807, 2.05) is 55.5 Å². The third-order valence-electron chi connectivity index (χ3n) is 4.85. The van der Waals surface area contributed by atoms with Crippen molar-refractivity contribution in [3.8, 4) is 22.8 Å². The van der Waals surface area contributed by atoms with E-state index in [1.165, 1.54) is 0 Å². The standard InChI is InChI=1S/C22H23ClN2O3/c1-14-19(22(24)26)13-20(18-9-8-17(27-2)12-21(18)28-3)25(14)11-10-15-4-6-16(23)7-5-15/h4-9,12-13H,10-11H2,1-3H3,(H2,24,26). The fourth-order valence-electron chi connectivity index (χ4n) is 3.31. The van der Waals surface area contributed by atoms with E-state index in [9.17, 15) is 4.79 Å². The Hall–Kier alpha value is -2.92. The minimum Gasteiger partial charge on any atom is -0.497 e. The third kappa shape index (κ3) is 3.99. The second-order valence-electron chi connectivity index (χ2n) is 6.49. The first-order valence-corrected chi connectivity index (χ1v) is 9.29. The van der Waals surface area contributed by atoms with Gasteiger partial charge in [0.25, 0.3) is 5.91 Å². The van der Waals surface area contributed by atoms with Crippen LogP contribution in [0.5, 0.6) is 11.5 Å². The monoisotopic (exact) mass is 398 g/mol. The maximum Gasteiger partial charge on any atom is 0.250 e. The zero-order chi connectivity index (χ0) is 20.3. The molecule has 5 nitrogen and oxygen atoms in total. The summed E-state index contributed by atoms with van der Waals surface area (Å²) in [6.07, 6.45) is 0.788. The van der Waals surface area contributed by atoms with Gasteiger partial charge in [0.2, 0.25) is 0 Å². The first-order valence-electron chi connectivity index (χ1n) is 8.91. The van der Waals surface area contributed by atoms with Gasteiger partial charge in [-0.15, -0.1) is 0 Å². The fourth-order valence-corrected chi connectivity index (χ4v) is 3.43. The number of hydrogen-bond donors (Lipinski definition) is 1. The third-order valence-corrected chi connectivity index (χ3v) is 5.11. The van der Waals surface area contributed by atoms with Crippen LogP contribution < -0.4 is 15.2 Å². The van der Waals surface area contributed by atoms with Gasteiger partial charge in [-0.25, -0.2) is 0 Å². The van der Waals surface area contributed by atoms with Crippen molar-refractivity contribution in [1.82, 2.24) is 4.57 Å². The zero-order valence-corrected chi connectivity index (χ0v) is 16.9. The largest absolute Gasteiger partial charge is 0.497 e. The molecule has 2 aromatic carbocycles. The molecule has 0 spiro atoms. The van der Waals surface area contributed by atoms with Gasteiger partial charge in [-0.1, -0.05) is 23.7 Å². The summed E-state index contributed by atoms with van der Waals surface area (Å²) in [4.78, 5) is 11.9. The number of hydrogen-bond acceptors (Lipinski definition) is 3. The smallest absolute Gasteiger partial charge is 0.250 e. The number of aryl methyl sites for hydroxylation is 1. The highest BCUT2D eigenvalue weighted by molar-refractivity contribution is 6.30. The number of halogens is 1. The SMILES string of the molecule is COc1ccc(-c2cc(C(N)=O)c(C)n2CCc2ccc(Cl)cc2)c(OC)c1. The van der Waals surface area contributed by atoms with E-state index in [0.717, 1.165) is 28.9 Å². The van der Waals surface area contributed by atoms with Crippen molar-refractivity contribution in [2.75, 3.05) is 14.2 Å². The summed E-state index contributed by atoms with van der Waals surface area (Å²) in [6.45, 7) is 2.59. The number of nitrogens with two attached hydrogens (primary N) is 1. The first-order chi connectivity index (χ1) is 13.4. The van der Waals surface area contributed by atoms with Crippen LogP contribution in [0, 0.1) is 6.92 Å². The predicted octanol–water partition coefficient (Wildman–Crippen LogP) is 4.48. The molecule has 1 heterocycles. The van der Waals surface area contributed by atoms with Gasteiger partial charge in [0.1, 0.15) is 11.5 Å². The molecule has 6 heteroatoms. The molecule has 1 aromatic heterocycles. The minimum absolute atomic E-state index is 0.448. The van der Waals surface area contributed by atoms with Gasteiger partial charge in [-0.2, -0.15) is 0 Å². The van der Waals surface area contributed by atoms with Crippen LogP contribution in [0.4, 0.5) is 0 Å². The van der Waals surface area contributed by atoms with E-state index in [4.69, 9.17) is 26.8 Å². The van der Waals surface area contributed by atoms with Gasteiger partial charge in [0.15, 0.2) is 0 Å². The summed E-state index contributed by atoms with van der Waals surface area (Å²) < 4.78 is 12.9. The predicted molar refractivity (Wildman–Crippen MR) is 111 cm³/mol. The number of benzene rings is 2. The molecule has 0 aliphatic carbocycles. The Bertz CT molecular complexity index is 994. The van der Waals surface area contributed by atoms with Crippen molar-refractivity contribution < 1.29 is 14.3 Å². The molecule has 0 radical (unpaired) electrons. The Kier molecular flexibility index (Phi) is 5.95. The van der Waals surface area contributed by atoms with E-state index < -0.39 is 5.91 Å². The molecule has 0 saturated carbocycles. The van der Waals surface area contributed by atoms with Crippen molar-refractivity contribution >= 4 is 17.5 Å². The van der Waals surface area contributed by atoms with Crippen LogP contribution in [0.25, 0.3) is 11.3 Å². The Balaban J connectivity index is 2.04. The molecule has 0 fully saturated rings. The molecular weight excluding hydrogens is 376 g/mol. The lowest BCUT2D eigenvalue weighted by molar-refractivity contribution is 0.0999. The molecule has 0 unspecified atom stereocenters. The van der Waals surface area contributed by atoms with Crippen LogP contribution in [-0.4, -0.2) is 24.7 Å². The Morgan fingerprint density at radius 2 is 1.79 bits per heavy atom. The Morgan fingerprint density at radius 1 is 1.07 bits per heavy atom. The molecule has 3 rings (SSSR count). The van der Waals surface area contributed by atoms with Crippen LogP contribution in [-0.2, 0) is 13.0 Å². The molecule has 0 aliphatic heterocycles. The molecular formula is C22H23ClN2O3. The van der Waals surface area contributed by atoms with E-state index >= 15 is 0 Å². The van der Waals surface area contributed by atoms with Crippen LogP contribution >= 0.6 is 11.6 Å². The number of amides is 1. The summed E-state index contributed by atoms with van der Waals surface area (Å²) in [5.41, 5.74) is 9.83. The van der Waals surface area contributed by atoms with Crippen molar-refractivity contribution in [2.24, 2.45) is 5.73 Å². The maximum atomic E-state index is 11.9. The lowest BCUT2D eigenvalue weighted by Gasteiger charge is -2.15. The number of rotatable bonds is 7. The number of ether oxygens (including phenoxy) is 2. The molecule has 0 saturated heterocycles. The zero-order valence-electron chi connectivity index (χ0n) is 16.2. The molecule has 2 N–H and O–H groups in total. The average molecular weight is 399 g/mol. The fraction of sp³-hybridized carbons (Fsp3) is 0.227. The number of nitrogens with zero attached hydrogens (tertiary/aromatic N) is 1. The molecule has 3 aromatic rings. The highest BCUT2D eigenvalue weighted by Gasteiger charge is 2.19. The molecule has 0 atom stereocenters. The van der Waals surface area contributed by atoms with Crippen LogP contribution in [0.1, 0.15) is 21.6 Å². The average Bonchev–Trinajstić information content (AvgIpc) is 3.03. The lowest BCUT2D eigenvalue weighted by atomic mass is 10.1. The topological polar surface area (TPSA) is 66.5 Å². The van der Waals surface area contributed by atoms with Gasteiger partial charge >= 0.3 is 0 Å². The number of methoxy groups -OCH3 is 2. The van der Waals surface area contributed by atoms with Gasteiger partial charge < -0.3 is 19.8 Å². The van der Waals surface area contributed by atoms with E-state index in [2.05, 4.69) is 4.57 Å². The van der Waals surface area contributed by atoms with E-state index in [1.54, 1.807) is 14.2 Å². The van der Waals surface area contributed by atoms with E-state index in [0.29, 0.717) is 28.6 Å². The summed E-state index contributed by atoms with van der Waals surface area (Å²) >= 11 is 5.97. The molecule has 146 valence electrons. The van der Waals surface area contributed by atoms with Crippen LogP contribution in [0.15, 0.2) is 48.5 Å².